The molecule has 0 radical (unpaired) electrons. The van der Waals surface area contributed by atoms with Gasteiger partial charge in [0.15, 0.2) is 9.84 Å². The van der Waals surface area contributed by atoms with Gasteiger partial charge in [0.2, 0.25) is 0 Å². The molecule has 10 heteroatoms. The van der Waals surface area contributed by atoms with E-state index < -0.39 is 46.3 Å². The van der Waals surface area contributed by atoms with Crippen LogP contribution in [0.3, 0.4) is 0 Å². The van der Waals surface area contributed by atoms with Crippen molar-refractivity contribution in [3.05, 3.63) is 0 Å². The smallest absolute Gasteiger partial charge is 0.326 e. The van der Waals surface area contributed by atoms with Crippen LogP contribution in [0.25, 0.3) is 0 Å². The first kappa shape index (κ1) is 16.2. The maximum Gasteiger partial charge on any atom is 0.326 e. The molecule has 1 unspecified atom stereocenters. The summed E-state index contributed by atoms with van der Waals surface area (Å²) in [5, 5.41) is 13.3. The Bertz CT molecular complexity index is 502. The van der Waals surface area contributed by atoms with E-state index in [2.05, 4.69) is 15.4 Å². The van der Waals surface area contributed by atoms with E-state index in [0.29, 0.717) is 0 Å². The van der Waals surface area contributed by atoms with Gasteiger partial charge >= 0.3 is 18.0 Å². The molecule has 9 nitrogen and oxygen atoms in total. The van der Waals surface area contributed by atoms with Gasteiger partial charge in [0.1, 0.15) is 6.04 Å². The second kappa shape index (κ2) is 6.55. The second-order valence-corrected chi connectivity index (χ2v) is 6.62. The Morgan fingerprint density at radius 3 is 2.50 bits per heavy atom. The van der Waals surface area contributed by atoms with E-state index in [1.54, 1.807) is 0 Å². The molecule has 2 atom stereocenters. The van der Waals surface area contributed by atoms with Crippen LogP contribution in [0.15, 0.2) is 0 Å². The van der Waals surface area contributed by atoms with Gasteiger partial charge in [-0.3, -0.25) is 4.79 Å². The van der Waals surface area contributed by atoms with E-state index in [-0.39, 0.29) is 17.9 Å². The fraction of sp³-hybridized carbons (Fsp3) is 0.700. The molecule has 114 valence electrons. The van der Waals surface area contributed by atoms with Gasteiger partial charge in [-0.2, -0.15) is 0 Å². The lowest BCUT2D eigenvalue weighted by atomic mass is 10.2. The number of hydrogen-bond donors (Lipinski definition) is 3. The number of amides is 2. The van der Waals surface area contributed by atoms with Crippen molar-refractivity contribution < 1.29 is 32.6 Å². The van der Waals surface area contributed by atoms with E-state index in [0.717, 1.165) is 7.11 Å². The summed E-state index contributed by atoms with van der Waals surface area (Å²) in [6, 6.07) is -2.81. The Morgan fingerprint density at radius 1 is 1.40 bits per heavy atom. The molecule has 0 spiro atoms. The molecule has 1 fully saturated rings. The van der Waals surface area contributed by atoms with Crippen LogP contribution in [0.1, 0.15) is 12.8 Å². The van der Waals surface area contributed by atoms with Crippen LogP contribution in [0.5, 0.6) is 0 Å². The minimum absolute atomic E-state index is 0.0114. The van der Waals surface area contributed by atoms with Crippen LogP contribution in [0.2, 0.25) is 0 Å². The maximum atomic E-state index is 11.6. The lowest BCUT2D eigenvalue weighted by molar-refractivity contribution is -0.147. The van der Waals surface area contributed by atoms with Crippen LogP contribution in [0, 0.1) is 0 Å². The van der Waals surface area contributed by atoms with Crippen LogP contribution in [-0.4, -0.2) is 62.2 Å². The van der Waals surface area contributed by atoms with Crippen LogP contribution in [-0.2, 0) is 24.2 Å². The monoisotopic (exact) mass is 308 g/mol. The van der Waals surface area contributed by atoms with Crippen molar-refractivity contribution in [1.29, 1.82) is 0 Å². The van der Waals surface area contributed by atoms with Crippen molar-refractivity contribution in [2.75, 3.05) is 18.6 Å². The molecule has 0 bridgehead atoms. The molecule has 0 saturated carbocycles. The number of methoxy groups -OCH3 is 1. The third kappa shape index (κ3) is 5.03. The molecular weight excluding hydrogens is 292 g/mol. The summed E-state index contributed by atoms with van der Waals surface area (Å²) in [6.07, 6.45) is -0.229. The van der Waals surface area contributed by atoms with Crippen molar-refractivity contribution in [3.8, 4) is 0 Å². The predicted molar refractivity (Wildman–Crippen MR) is 66.8 cm³/mol. The number of aliphatic carboxylic acids is 1. The zero-order valence-electron chi connectivity index (χ0n) is 10.8. The van der Waals surface area contributed by atoms with E-state index in [1.807, 2.05) is 0 Å². The average Bonchev–Trinajstić information content (AvgIpc) is 2.67. The van der Waals surface area contributed by atoms with E-state index in [4.69, 9.17) is 5.11 Å². The maximum absolute atomic E-state index is 11.6. The van der Waals surface area contributed by atoms with Gasteiger partial charge < -0.3 is 20.5 Å². The van der Waals surface area contributed by atoms with Crippen molar-refractivity contribution >= 4 is 27.8 Å². The van der Waals surface area contributed by atoms with Gasteiger partial charge in [-0.15, -0.1) is 0 Å². The number of rotatable bonds is 5. The van der Waals surface area contributed by atoms with Gasteiger partial charge in [-0.05, 0) is 6.42 Å². The van der Waals surface area contributed by atoms with Crippen LogP contribution in [0.4, 0.5) is 4.79 Å². The molecule has 1 aliphatic rings. The second-order valence-electron chi connectivity index (χ2n) is 4.39. The predicted octanol–water partition coefficient (Wildman–Crippen LogP) is -1.51. The lowest BCUT2D eigenvalue weighted by Crippen LogP contribution is -2.50. The summed E-state index contributed by atoms with van der Waals surface area (Å²) in [6.45, 7) is 0. The quantitative estimate of drug-likeness (QED) is 0.525. The number of carboxylic acids is 1. The van der Waals surface area contributed by atoms with Crippen molar-refractivity contribution in [2.45, 2.75) is 24.9 Å². The molecule has 2 amide bonds. The van der Waals surface area contributed by atoms with Gasteiger partial charge in [-0.25, -0.2) is 18.0 Å². The Kier molecular flexibility index (Phi) is 5.31. The molecule has 3 N–H and O–H groups in total. The largest absolute Gasteiger partial charge is 0.480 e. The van der Waals surface area contributed by atoms with E-state index in [9.17, 15) is 22.8 Å². The van der Waals surface area contributed by atoms with Gasteiger partial charge in [0, 0.05) is 6.04 Å². The third-order valence-electron chi connectivity index (χ3n) is 2.77. The Morgan fingerprint density at radius 2 is 2.05 bits per heavy atom. The summed E-state index contributed by atoms with van der Waals surface area (Å²) in [5.74, 6) is -2.34. The summed E-state index contributed by atoms with van der Waals surface area (Å²) < 4.78 is 26.7. The van der Waals surface area contributed by atoms with Gasteiger partial charge in [0.05, 0.1) is 25.0 Å². The topological polar surface area (TPSA) is 139 Å². The van der Waals surface area contributed by atoms with Gasteiger partial charge in [-0.1, -0.05) is 0 Å². The zero-order valence-corrected chi connectivity index (χ0v) is 11.6. The number of esters is 1. The fourth-order valence-electron chi connectivity index (χ4n) is 1.74. The number of hydrogen-bond acceptors (Lipinski definition) is 6. The summed E-state index contributed by atoms with van der Waals surface area (Å²) in [4.78, 5) is 33.4. The van der Waals surface area contributed by atoms with Crippen molar-refractivity contribution in [1.82, 2.24) is 10.6 Å². The first-order valence-corrected chi connectivity index (χ1v) is 7.62. The van der Waals surface area contributed by atoms with Gasteiger partial charge in [0.25, 0.3) is 0 Å². The lowest BCUT2D eigenvalue weighted by Gasteiger charge is -2.16. The van der Waals surface area contributed by atoms with E-state index >= 15 is 0 Å². The molecule has 0 aromatic rings. The number of carbonyl (C=O) groups is 3. The molecular formula is C10H16N2O7S. The standard InChI is InChI=1S/C10H16N2O7S/c1-19-8(13)4-7(9(14)15)12-10(16)11-6-2-3-20(17,18)5-6/h6-7H,2-5H2,1H3,(H,14,15)(H2,11,12,16)/t6?,7-/m0/s1. The Hall–Kier alpha value is -1.84. The van der Waals surface area contributed by atoms with E-state index in [1.165, 1.54) is 0 Å². The number of ether oxygens (including phenoxy) is 1. The third-order valence-corrected chi connectivity index (χ3v) is 4.54. The van der Waals surface area contributed by atoms with Crippen molar-refractivity contribution in [3.63, 3.8) is 0 Å². The zero-order chi connectivity index (χ0) is 15.3. The minimum Gasteiger partial charge on any atom is -0.480 e. The molecule has 20 heavy (non-hydrogen) atoms. The Balaban J connectivity index is 2.50. The summed E-state index contributed by atoms with van der Waals surface area (Å²) in [7, 11) is -2.04. The molecule has 0 aliphatic carbocycles. The van der Waals surface area contributed by atoms with Crippen LogP contribution < -0.4 is 10.6 Å². The molecule has 0 aromatic heterocycles. The Labute approximate surface area is 115 Å². The first-order chi connectivity index (χ1) is 9.23. The van der Waals surface area contributed by atoms with Crippen LogP contribution >= 0.6 is 0 Å². The molecule has 0 aromatic carbocycles. The highest BCUT2D eigenvalue weighted by atomic mass is 32.2. The highest BCUT2D eigenvalue weighted by Crippen LogP contribution is 2.11. The number of nitrogens with one attached hydrogen (secondary N) is 2. The highest BCUT2D eigenvalue weighted by molar-refractivity contribution is 7.91. The molecule has 1 heterocycles. The molecule has 1 saturated heterocycles. The molecule has 1 aliphatic heterocycles. The number of carbonyl (C=O) groups excluding carboxylic acids is 2. The minimum atomic E-state index is -3.14. The fourth-order valence-corrected chi connectivity index (χ4v) is 3.42. The summed E-state index contributed by atoms with van der Waals surface area (Å²) >= 11 is 0. The molecule has 1 rings (SSSR count). The summed E-state index contributed by atoms with van der Waals surface area (Å²) in [5.41, 5.74) is 0. The number of carboxylic acid groups (broad SMARTS) is 1. The van der Waals surface area contributed by atoms with Crippen molar-refractivity contribution in [2.24, 2.45) is 0 Å². The SMILES string of the molecule is COC(=O)C[C@H](NC(=O)NC1CCS(=O)(=O)C1)C(=O)O. The average molecular weight is 308 g/mol. The normalized spacial score (nSPS) is 21.8. The highest BCUT2D eigenvalue weighted by Gasteiger charge is 2.30. The number of urea groups is 1. The number of sulfone groups is 1. The first-order valence-electron chi connectivity index (χ1n) is 5.80.